The topological polar surface area (TPSA) is 74.6 Å². The Kier molecular flexibility index (Phi) is 4.12. The maximum Gasteiger partial charge on any atom is 0.234 e. The summed E-state index contributed by atoms with van der Waals surface area (Å²) >= 11 is 0. The van der Waals surface area contributed by atoms with Crippen LogP contribution in [0, 0.1) is 0 Å². The summed E-state index contributed by atoms with van der Waals surface area (Å²) in [5.74, 6) is 0.194. The fourth-order valence-electron chi connectivity index (χ4n) is 2.63. The number of phenolic OH excluding ortho intramolecular Hbond substituents is 2. The molecule has 0 saturated heterocycles. The Morgan fingerprint density at radius 2 is 0.875 bits per heavy atom. The SMILES string of the molecule is O=[C]c1ccc([C]=O)c(-c2ccc(O)cc2)c1-c1ccc(O)cc1. The first-order chi connectivity index (χ1) is 11.6. The highest BCUT2D eigenvalue weighted by atomic mass is 16.3. The maximum atomic E-state index is 11.4. The molecule has 24 heavy (non-hydrogen) atoms. The molecule has 3 aromatic carbocycles. The van der Waals surface area contributed by atoms with Gasteiger partial charge >= 0.3 is 0 Å². The average molecular weight is 316 g/mol. The van der Waals surface area contributed by atoms with E-state index in [9.17, 15) is 19.8 Å². The fourth-order valence-corrected chi connectivity index (χ4v) is 2.63. The van der Waals surface area contributed by atoms with Crippen molar-refractivity contribution in [1.82, 2.24) is 0 Å². The monoisotopic (exact) mass is 316 g/mol. The second-order valence-electron chi connectivity index (χ2n) is 5.21. The first kappa shape index (κ1) is 15.5. The zero-order chi connectivity index (χ0) is 17.1. The van der Waals surface area contributed by atoms with E-state index in [1.54, 1.807) is 24.3 Å². The van der Waals surface area contributed by atoms with Crippen molar-refractivity contribution in [2.45, 2.75) is 0 Å². The summed E-state index contributed by atoms with van der Waals surface area (Å²) in [5, 5.41) is 19.0. The molecule has 0 aromatic heterocycles. The molecule has 3 rings (SSSR count). The summed E-state index contributed by atoms with van der Waals surface area (Å²) < 4.78 is 0. The molecule has 0 aliphatic heterocycles. The smallest absolute Gasteiger partial charge is 0.234 e. The summed E-state index contributed by atoms with van der Waals surface area (Å²) in [5.41, 5.74) is 2.95. The van der Waals surface area contributed by atoms with Gasteiger partial charge in [-0.05, 0) is 47.5 Å². The van der Waals surface area contributed by atoms with Crippen LogP contribution in [-0.2, 0) is 9.59 Å². The Labute approximate surface area is 138 Å². The highest BCUT2D eigenvalue weighted by molar-refractivity contribution is 6.02. The van der Waals surface area contributed by atoms with Crippen molar-refractivity contribution in [2.75, 3.05) is 0 Å². The molecule has 0 aliphatic rings. The summed E-state index contributed by atoms with van der Waals surface area (Å²) in [4.78, 5) is 22.8. The molecule has 0 unspecified atom stereocenters. The van der Waals surface area contributed by atoms with Crippen LogP contribution >= 0.6 is 0 Å². The number of hydrogen-bond acceptors (Lipinski definition) is 4. The van der Waals surface area contributed by atoms with Gasteiger partial charge in [-0.25, -0.2) is 0 Å². The average Bonchev–Trinajstić information content (AvgIpc) is 2.62. The lowest BCUT2D eigenvalue weighted by atomic mass is 9.87. The highest BCUT2D eigenvalue weighted by Crippen LogP contribution is 2.37. The zero-order valence-corrected chi connectivity index (χ0v) is 12.5. The van der Waals surface area contributed by atoms with Crippen molar-refractivity contribution >= 4 is 12.6 Å². The number of aromatic hydroxyl groups is 2. The molecule has 4 heteroatoms. The lowest BCUT2D eigenvalue weighted by Crippen LogP contribution is -1.97. The number of carbonyl (C=O) groups excluding carboxylic acids is 2. The molecule has 2 radical (unpaired) electrons. The van der Waals surface area contributed by atoms with Gasteiger partial charge in [-0.2, -0.15) is 0 Å². The van der Waals surface area contributed by atoms with E-state index in [1.807, 2.05) is 12.6 Å². The zero-order valence-electron chi connectivity index (χ0n) is 12.5. The van der Waals surface area contributed by atoms with E-state index >= 15 is 0 Å². The van der Waals surface area contributed by atoms with E-state index in [2.05, 4.69) is 0 Å². The van der Waals surface area contributed by atoms with E-state index in [-0.39, 0.29) is 11.5 Å². The molecule has 0 bridgehead atoms. The van der Waals surface area contributed by atoms with Crippen LogP contribution in [0.25, 0.3) is 22.3 Å². The quantitative estimate of drug-likeness (QED) is 0.774. The van der Waals surface area contributed by atoms with Crippen molar-refractivity contribution in [2.24, 2.45) is 0 Å². The van der Waals surface area contributed by atoms with Crippen LogP contribution < -0.4 is 0 Å². The van der Waals surface area contributed by atoms with Crippen LogP contribution in [0.2, 0.25) is 0 Å². The number of phenols is 2. The molecule has 116 valence electrons. The lowest BCUT2D eigenvalue weighted by Gasteiger charge is -2.15. The number of benzene rings is 3. The van der Waals surface area contributed by atoms with E-state index < -0.39 is 0 Å². The van der Waals surface area contributed by atoms with Crippen molar-refractivity contribution in [3.05, 3.63) is 71.8 Å². The van der Waals surface area contributed by atoms with Gasteiger partial charge in [0.1, 0.15) is 11.5 Å². The predicted molar refractivity (Wildman–Crippen MR) is 90.2 cm³/mol. The normalized spacial score (nSPS) is 10.3. The standard InChI is InChI=1S/C20H12O4/c21-11-15-1-2-16(12-22)20(14-5-9-18(24)10-6-14)19(15)13-3-7-17(23)8-4-13/h1-10,23-24H. The van der Waals surface area contributed by atoms with E-state index in [0.717, 1.165) is 0 Å². The van der Waals surface area contributed by atoms with Crippen LogP contribution in [0.5, 0.6) is 11.5 Å². The number of hydrogen-bond donors (Lipinski definition) is 2. The molecule has 0 heterocycles. The third-order valence-corrected chi connectivity index (χ3v) is 3.74. The van der Waals surface area contributed by atoms with Gasteiger partial charge in [0.25, 0.3) is 0 Å². The van der Waals surface area contributed by atoms with Crippen molar-refractivity contribution < 1.29 is 19.8 Å². The Morgan fingerprint density at radius 3 is 1.17 bits per heavy atom. The van der Waals surface area contributed by atoms with Gasteiger partial charge < -0.3 is 10.2 Å². The molecule has 0 aliphatic carbocycles. The third-order valence-electron chi connectivity index (χ3n) is 3.74. The second kappa shape index (κ2) is 6.38. The first-order valence-electron chi connectivity index (χ1n) is 7.16. The predicted octanol–water partition coefficient (Wildman–Crippen LogP) is 3.35. The van der Waals surface area contributed by atoms with Gasteiger partial charge in [-0.15, -0.1) is 0 Å². The highest BCUT2D eigenvalue weighted by Gasteiger charge is 2.17. The van der Waals surface area contributed by atoms with E-state index in [0.29, 0.717) is 33.4 Å². The second-order valence-corrected chi connectivity index (χ2v) is 5.21. The van der Waals surface area contributed by atoms with Crippen LogP contribution in [0.1, 0.15) is 11.1 Å². The molecule has 0 fully saturated rings. The maximum absolute atomic E-state index is 11.4. The molecule has 0 atom stereocenters. The fraction of sp³-hybridized carbons (Fsp3) is 0. The molecule has 2 N–H and O–H groups in total. The van der Waals surface area contributed by atoms with Gasteiger partial charge in [-0.3, -0.25) is 9.59 Å². The minimum Gasteiger partial charge on any atom is -0.508 e. The van der Waals surface area contributed by atoms with Gasteiger partial charge in [0, 0.05) is 22.3 Å². The Hall–Kier alpha value is -3.40. The van der Waals surface area contributed by atoms with Gasteiger partial charge in [0.2, 0.25) is 12.6 Å². The summed E-state index contributed by atoms with van der Waals surface area (Å²) in [6, 6.07) is 15.7. The van der Waals surface area contributed by atoms with E-state index in [1.165, 1.54) is 36.4 Å². The molecular formula is C20H12O4. The Bertz CT molecular complexity index is 818. The molecule has 0 amide bonds. The minimum absolute atomic E-state index is 0.0969. The largest absolute Gasteiger partial charge is 0.508 e. The Morgan fingerprint density at radius 1 is 0.542 bits per heavy atom. The Balaban J connectivity index is 2.36. The van der Waals surface area contributed by atoms with Crippen LogP contribution in [0.4, 0.5) is 0 Å². The summed E-state index contributed by atoms with van der Waals surface area (Å²) in [6.45, 7) is 0. The third kappa shape index (κ3) is 2.77. The molecule has 4 nitrogen and oxygen atoms in total. The summed E-state index contributed by atoms with van der Waals surface area (Å²) in [7, 11) is 0. The van der Waals surface area contributed by atoms with Crippen LogP contribution in [0.3, 0.4) is 0 Å². The summed E-state index contributed by atoms with van der Waals surface area (Å²) in [6.07, 6.45) is 3.78. The molecular weight excluding hydrogens is 304 g/mol. The number of rotatable bonds is 4. The van der Waals surface area contributed by atoms with Gasteiger partial charge in [-0.1, -0.05) is 24.3 Å². The first-order valence-corrected chi connectivity index (χ1v) is 7.16. The van der Waals surface area contributed by atoms with Crippen molar-refractivity contribution in [3.8, 4) is 33.8 Å². The van der Waals surface area contributed by atoms with Crippen LogP contribution in [0.15, 0.2) is 60.7 Å². The molecule has 0 spiro atoms. The van der Waals surface area contributed by atoms with Crippen LogP contribution in [-0.4, -0.2) is 22.8 Å². The van der Waals surface area contributed by atoms with Gasteiger partial charge in [0.05, 0.1) is 0 Å². The van der Waals surface area contributed by atoms with Gasteiger partial charge in [0.15, 0.2) is 0 Å². The lowest BCUT2D eigenvalue weighted by molar-refractivity contribution is 0.475. The molecule has 3 aromatic rings. The minimum atomic E-state index is 0.0969. The van der Waals surface area contributed by atoms with Crippen molar-refractivity contribution in [1.29, 1.82) is 0 Å². The molecule has 0 saturated carbocycles. The van der Waals surface area contributed by atoms with E-state index in [4.69, 9.17) is 0 Å². The van der Waals surface area contributed by atoms with Crippen molar-refractivity contribution in [3.63, 3.8) is 0 Å².